The molecule has 0 saturated carbocycles. The molecule has 0 aliphatic rings. The largest absolute Gasteiger partial charge is 0.378 e. The molecule has 0 bridgehead atoms. The summed E-state index contributed by atoms with van der Waals surface area (Å²) in [6.45, 7) is 2.72. The van der Waals surface area contributed by atoms with Crippen molar-refractivity contribution in [2.24, 2.45) is 5.92 Å². The maximum atomic E-state index is 12.1. The molecule has 0 spiro atoms. The van der Waals surface area contributed by atoms with E-state index in [9.17, 15) is 14.9 Å². The Morgan fingerprint density at radius 2 is 1.80 bits per heavy atom. The number of hydrogen-bond acceptors (Lipinski definition) is 5. The first kappa shape index (κ1) is 18.8. The second kappa shape index (κ2) is 9.68. The molecule has 0 saturated heterocycles. The smallest absolute Gasteiger partial charge is 0.292 e. The van der Waals surface area contributed by atoms with Crippen LogP contribution in [0.5, 0.6) is 0 Å². The Morgan fingerprint density at radius 3 is 2.52 bits per heavy atom. The van der Waals surface area contributed by atoms with Gasteiger partial charge in [0.2, 0.25) is 5.91 Å². The van der Waals surface area contributed by atoms with E-state index in [1.54, 1.807) is 30.0 Å². The highest BCUT2D eigenvalue weighted by Gasteiger charge is 2.14. The molecule has 0 heterocycles. The van der Waals surface area contributed by atoms with E-state index in [1.165, 1.54) is 6.07 Å². The molecule has 0 aliphatic carbocycles. The average Bonchev–Trinajstić information content (AvgIpc) is 2.64. The summed E-state index contributed by atoms with van der Waals surface area (Å²) >= 11 is 1.65. The molecule has 0 aromatic heterocycles. The Morgan fingerprint density at radius 1 is 1.12 bits per heavy atom. The van der Waals surface area contributed by atoms with Crippen LogP contribution in [0.4, 0.5) is 11.4 Å². The highest BCUT2D eigenvalue weighted by Crippen LogP contribution is 2.22. The lowest BCUT2D eigenvalue weighted by Crippen LogP contribution is -2.33. The lowest BCUT2D eigenvalue weighted by atomic mass is 10.2. The van der Waals surface area contributed by atoms with E-state index in [0.29, 0.717) is 24.5 Å². The van der Waals surface area contributed by atoms with Crippen molar-refractivity contribution >= 4 is 29.0 Å². The van der Waals surface area contributed by atoms with Crippen LogP contribution in [0, 0.1) is 16.0 Å². The Labute approximate surface area is 151 Å². The number of amides is 1. The predicted octanol–water partition coefficient (Wildman–Crippen LogP) is 3.55. The van der Waals surface area contributed by atoms with Crippen LogP contribution in [-0.2, 0) is 4.79 Å². The molecule has 132 valence electrons. The lowest BCUT2D eigenvalue weighted by molar-refractivity contribution is -0.384. The fraction of sp³-hybridized carbons (Fsp3) is 0.278. The van der Waals surface area contributed by atoms with Gasteiger partial charge >= 0.3 is 0 Å². The number of rotatable bonds is 9. The van der Waals surface area contributed by atoms with Gasteiger partial charge in [-0.3, -0.25) is 14.9 Å². The van der Waals surface area contributed by atoms with Crippen molar-refractivity contribution in [2.45, 2.75) is 11.8 Å². The van der Waals surface area contributed by atoms with Crippen molar-refractivity contribution in [1.29, 1.82) is 0 Å². The van der Waals surface area contributed by atoms with E-state index in [2.05, 4.69) is 10.6 Å². The number of nitro groups is 1. The minimum Gasteiger partial charge on any atom is -0.378 e. The van der Waals surface area contributed by atoms with Crippen LogP contribution >= 0.6 is 11.8 Å². The summed E-state index contributed by atoms with van der Waals surface area (Å²) in [5.41, 5.74) is 0.482. The van der Waals surface area contributed by atoms with Gasteiger partial charge in [-0.15, -0.1) is 11.8 Å². The highest BCUT2D eigenvalue weighted by atomic mass is 32.2. The van der Waals surface area contributed by atoms with Crippen molar-refractivity contribution in [3.8, 4) is 0 Å². The average molecular weight is 359 g/mol. The second-order valence-corrected chi connectivity index (χ2v) is 6.61. The van der Waals surface area contributed by atoms with Crippen LogP contribution in [0.25, 0.3) is 0 Å². The molecule has 1 amide bonds. The normalized spacial score (nSPS) is 11.6. The number of para-hydroxylation sites is 2. The fourth-order valence-corrected chi connectivity index (χ4v) is 3.10. The van der Waals surface area contributed by atoms with Gasteiger partial charge in [0.1, 0.15) is 5.69 Å². The van der Waals surface area contributed by atoms with Crippen LogP contribution in [0.3, 0.4) is 0 Å². The Kier molecular flexibility index (Phi) is 7.28. The molecule has 2 aromatic rings. The van der Waals surface area contributed by atoms with E-state index in [-0.39, 0.29) is 17.5 Å². The van der Waals surface area contributed by atoms with Crippen molar-refractivity contribution in [2.75, 3.05) is 24.2 Å². The first-order valence-corrected chi connectivity index (χ1v) is 8.99. The molecule has 2 N–H and O–H groups in total. The van der Waals surface area contributed by atoms with Gasteiger partial charge in [0.15, 0.2) is 0 Å². The van der Waals surface area contributed by atoms with Crippen molar-refractivity contribution in [3.05, 3.63) is 64.7 Å². The van der Waals surface area contributed by atoms with Gasteiger partial charge in [-0.1, -0.05) is 37.3 Å². The second-order valence-electron chi connectivity index (χ2n) is 5.52. The number of carbonyl (C=O) groups excluding carboxylic acids is 1. The summed E-state index contributed by atoms with van der Waals surface area (Å²) in [5, 5.41) is 16.8. The predicted molar refractivity (Wildman–Crippen MR) is 101 cm³/mol. The van der Waals surface area contributed by atoms with Crippen LogP contribution in [-0.4, -0.2) is 29.7 Å². The number of nitrogens with one attached hydrogen (secondary N) is 2. The van der Waals surface area contributed by atoms with Crippen molar-refractivity contribution in [1.82, 2.24) is 5.32 Å². The standard InChI is InChI=1S/C18H21N3O3S/c1-14(13-25-15-7-3-2-4-8-15)18(22)20-12-11-19-16-9-5-6-10-17(16)21(23)24/h2-10,14,19H,11-13H2,1H3,(H,20,22). The summed E-state index contributed by atoms with van der Waals surface area (Å²) < 4.78 is 0. The third kappa shape index (κ3) is 6.11. The summed E-state index contributed by atoms with van der Waals surface area (Å²) in [5.74, 6) is 0.567. The minimum absolute atomic E-state index is 0.0206. The van der Waals surface area contributed by atoms with Gasteiger partial charge in [0.25, 0.3) is 5.69 Å². The maximum Gasteiger partial charge on any atom is 0.292 e. The molecule has 0 aliphatic heterocycles. The number of thioether (sulfide) groups is 1. The highest BCUT2D eigenvalue weighted by molar-refractivity contribution is 7.99. The lowest BCUT2D eigenvalue weighted by Gasteiger charge is -2.13. The van der Waals surface area contributed by atoms with Gasteiger partial charge in [0, 0.05) is 35.7 Å². The van der Waals surface area contributed by atoms with E-state index in [0.717, 1.165) is 4.90 Å². The van der Waals surface area contributed by atoms with Gasteiger partial charge < -0.3 is 10.6 Å². The topological polar surface area (TPSA) is 84.3 Å². The molecule has 6 nitrogen and oxygen atoms in total. The van der Waals surface area contributed by atoms with E-state index >= 15 is 0 Å². The molecule has 2 rings (SSSR count). The molecule has 0 radical (unpaired) electrons. The number of anilines is 1. The Balaban J connectivity index is 1.70. The van der Waals surface area contributed by atoms with Gasteiger partial charge in [-0.2, -0.15) is 0 Å². The summed E-state index contributed by atoms with van der Waals surface area (Å²) in [4.78, 5) is 23.7. The summed E-state index contributed by atoms with van der Waals surface area (Å²) in [7, 11) is 0. The van der Waals surface area contributed by atoms with Crippen molar-refractivity contribution in [3.63, 3.8) is 0 Å². The monoisotopic (exact) mass is 359 g/mol. The molecule has 2 aromatic carbocycles. The third-order valence-electron chi connectivity index (χ3n) is 3.53. The Bertz CT molecular complexity index is 710. The number of hydrogen-bond donors (Lipinski definition) is 2. The molecule has 25 heavy (non-hydrogen) atoms. The van der Waals surface area contributed by atoms with Crippen LogP contribution in [0.1, 0.15) is 6.92 Å². The molecular weight excluding hydrogens is 338 g/mol. The molecule has 1 unspecified atom stereocenters. The number of carbonyl (C=O) groups is 1. The van der Waals surface area contributed by atoms with E-state index < -0.39 is 4.92 Å². The molecule has 7 heteroatoms. The first-order valence-electron chi connectivity index (χ1n) is 8.01. The zero-order valence-corrected chi connectivity index (χ0v) is 14.8. The first-order chi connectivity index (χ1) is 12.1. The van der Waals surface area contributed by atoms with Gasteiger partial charge in [0.05, 0.1) is 4.92 Å². The molecule has 1 atom stereocenters. The maximum absolute atomic E-state index is 12.1. The number of nitrogens with zero attached hydrogens (tertiary/aromatic N) is 1. The number of benzene rings is 2. The van der Waals surface area contributed by atoms with Gasteiger partial charge in [-0.05, 0) is 18.2 Å². The summed E-state index contributed by atoms with van der Waals surface area (Å²) in [6.07, 6.45) is 0. The van der Waals surface area contributed by atoms with Crippen molar-refractivity contribution < 1.29 is 9.72 Å². The fourth-order valence-electron chi connectivity index (χ4n) is 2.15. The van der Waals surface area contributed by atoms with Gasteiger partial charge in [-0.25, -0.2) is 0 Å². The van der Waals surface area contributed by atoms with Crippen LogP contribution < -0.4 is 10.6 Å². The van der Waals surface area contributed by atoms with E-state index in [4.69, 9.17) is 0 Å². The number of nitro benzene ring substituents is 1. The third-order valence-corrected chi connectivity index (χ3v) is 4.80. The SMILES string of the molecule is CC(CSc1ccccc1)C(=O)NCCNc1ccccc1[N+](=O)[O-]. The van der Waals surface area contributed by atoms with E-state index in [1.807, 2.05) is 37.3 Å². The zero-order valence-electron chi connectivity index (χ0n) is 14.0. The molecular formula is C18H21N3O3S. The van der Waals surface area contributed by atoms with Crippen LogP contribution in [0.2, 0.25) is 0 Å². The minimum atomic E-state index is -0.427. The zero-order chi connectivity index (χ0) is 18.1. The summed E-state index contributed by atoms with van der Waals surface area (Å²) in [6, 6.07) is 16.4. The molecule has 0 fully saturated rings. The van der Waals surface area contributed by atoms with Crippen LogP contribution in [0.15, 0.2) is 59.5 Å². The Hall–Kier alpha value is -2.54. The quantitative estimate of drug-likeness (QED) is 0.310.